The fourth-order valence-corrected chi connectivity index (χ4v) is 2.90. The van der Waals surface area contributed by atoms with Gasteiger partial charge >= 0.3 is 6.18 Å². The van der Waals surface area contributed by atoms with Gasteiger partial charge in [0.25, 0.3) is 5.91 Å². The number of piperazine rings is 1. The second-order valence-corrected chi connectivity index (χ2v) is 5.67. The van der Waals surface area contributed by atoms with Crippen LogP contribution in [0.3, 0.4) is 0 Å². The monoisotopic (exact) mass is 338 g/mol. The third-order valence-corrected chi connectivity index (χ3v) is 4.08. The minimum Gasteiger partial charge on any atom is -0.328 e. The van der Waals surface area contributed by atoms with Crippen molar-refractivity contribution < 1.29 is 18.0 Å². The Morgan fingerprint density at radius 2 is 2.00 bits per heavy atom. The Labute approximate surface area is 137 Å². The van der Waals surface area contributed by atoms with Gasteiger partial charge in [-0.1, -0.05) is 30.3 Å². The van der Waals surface area contributed by atoms with Crippen LogP contribution in [0.1, 0.15) is 27.8 Å². The van der Waals surface area contributed by atoms with E-state index < -0.39 is 17.8 Å². The third-order valence-electron chi connectivity index (χ3n) is 4.08. The second kappa shape index (κ2) is 6.27. The summed E-state index contributed by atoms with van der Waals surface area (Å²) < 4.78 is 39.4. The van der Waals surface area contributed by atoms with Crippen LogP contribution in [-0.2, 0) is 13.2 Å². The summed E-state index contributed by atoms with van der Waals surface area (Å²) >= 11 is 0. The SMILES string of the molecule is Cn1nc(C(=O)N2CCNC[C@H]2c2ccccc2)cc1C(F)(F)F. The van der Waals surface area contributed by atoms with Crippen molar-refractivity contribution in [1.29, 1.82) is 0 Å². The zero-order valence-corrected chi connectivity index (χ0v) is 13.0. The fourth-order valence-electron chi connectivity index (χ4n) is 2.90. The van der Waals surface area contributed by atoms with Gasteiger partial charge in [0, 0.05) is 32.7 Å². The van der Waals surface area contributed by atoms with Crippen LogP contribution in [0.25, 0.3) is 0 Å². The highest BCUT2D eigenvalue weighted by molar-refractivity contribution is 5.93. The molecule has 1 amide bonds. The molecule has 0 spiro atoms. The van der Waals surface area contributed by atoms with Crippen LogP contribution in [0.5, 0.6) is 0 Å². The van der Waals surface area contributed by atoms with Crippen molar-refractivity contribution in [3.8, 4) is 0 Å². The highest BCUT2D eigenvalue weighted by Crippen LogP contribution is 2.30. The molecule has 0 radical (unpaired) electrons. The Hall–Kier alpha value is -2.35. The largest absolute Gasteiger partial charge is 0.433 e. The lowest BCUT2D eigenvalue weighted by atomic mass is 10.0. The molecule has 1 atom stereocenters. The second-order valence-electron chi connectivity index (χ2n) is 5.67. The molecule has 2 heterocycles. The zero-order valence-electron chi connectivity index (χ0n) is 13.0. The van der Waals surface area contributed by atoms with Crippen molar-refractivity contribution >= 4 is 5.91 Å². The Bertz CT molecular complexity index is 727. The van der Waals surface area contributed by atoms with Crippen molar-refractivity contribution in [2.45, 2.75) is 12.2 Å². The lowest BCUT2D eigenvalue weighted by molar-refractivity contribution is -0.143. The van der Waals surface area contributed by atoms with Crippen molar-refractivity contribution in [3.05, 3.63) is 53.3 Å². The van der Waals surface area contributed by atoms with E-state index in [9.17, 15) is 18.0 Å². The molecular formula is C16H17F3N4O. The molecule has 1 fully saturated rings. The minimum atomic E-state index is -4.54. The Kier molecular flexibility index (Phi) is 4.31. The zero-order chi connectivity index (χ0) is 17.3. The van der Waals surface area contributed by atoms with E-state index in [1.807, 2.05) is 30.3 Å². The van der Waals surface area contributed by atoms with Crippen molar-refractivity contribution in [2.24, 2.45) is 7.05 Å². The number of rotatable bonds is 2. The number of benzene rings is 1. The molecule has 1 aromatic carbocycles. The van der Waals surface area contributed by atoms with Crippen molar-refractivity contribution in [2.75, 3.05) is 19.6 Å². The van der Waals surface area contributed by atoms with E-state index in [4.69, 9.17) is 0 Å². The lowest BCUT2D eigenvalue weighted by Crippen LogP contribution is -2.48. The van der Waals surface area contributed by atoms with Crippen molar-refractivity contribution in [3.63, 3.8) is 0 Å². The maximum Gasteiger partial charge on any atom is 0.433 e. The van der Waals surface area contributed by atoms with Gasteiger partial charge in [-0.15, -0.1) is 0 Å². The maximum atomic E-state index is 12.9. The van der Waals surface area contributed by atoms with Crippen LogP contribution in [-0.4, -0.2) is 40.2 Å². The molecule has 128 valence electrons. The maximum absolute atomic E-state index is 12.9. The summed E-state index contributed by atoms with van der Waals surface area (Å²) in [6.45, 7) is 1.55. The average Bonchev–Trinajstić information content (AvgIpc) is 2.97. The molecule has 1 aliphatic rings. The van der Waals surface area contributed by atoms with Crippen LogP contribution in [0.4, 0.5) is 13.2 Å². The quantitative estimate of drug-likeness (QED) is 0.914. The summed E-state index contributed by atoms with van der Waals surface area (Å²) in [7, 11) is 1.19. The fraction of sp³-hybridized carbons (Fsp3) is 0.375. The van der Waals surface area contributed by atoms with Crippen molar-refractivity contribution in [1.82, 2.24) is 20.0 Å². The van der Waals surface area contributed by atoms with Crippen LogP contribution in [0, 0.1) is 0 Å². The summed E-state index contributed by atoms with van der Waals surface area (Å²) in [6.07, 6.45) is -4.54. The molecule has 0 saturated carbocycles. The topological polar surface area (TPSA) is 50.2 Å². The number of aromatic nitrogens is 2. The molecule has 5 nitrogen and oxygen atoms in total. The summed E-state index contributed by atoms with van der Waals surface area (Å²) in [4.78, 5) is 14.3. The van der Waals surface area contributed by atoms with Crippen LogP contribution < -0.4 is 5.32 Å². The third kappa shape index (κ3) is 3.14. The van der Waals surface area contributed by atoms with Gasteiger partial charge in [-0.05, 0) is 5.56 Å². The highest BCUT2D eigenvalue weighted by Gasteiger charge is 2.37. The van der Waals surface area contributed by atoms with E-state index in [1.165, 1.54) is 7.05 Å². The minimum absolute atomic E-state index is 0.187. The molecular weight excluding hydrogens is 321 g/mol. The number of hydrogen-bond acceptors (Lipinski definition) is 3. The van der Waals surface area contributed by atoms with Gasteiger partial charge in [0.1, 0.15) is 5.69 Å². The van der Waals surface area contributed by atoms with Gasteiger partial charge in [0.05, 0.1) is 6.04 Å². The number of nitrogens with one attached hydrogen (secondary N) is 1. The molecule has 1 saturated heterocycles. The van der Waals surface area contributed by atoms with Gasteiger partial charge in [0.15, 0.2) is 5.69 Å². The predicted molar refractivity (Wildman–Crippen MR) is 81.3 cm³/mol. The Morgan fingerprint density at radius 3 is 2.62 bits per heavy atom. The van der Waals surface area contributed by atoms with E-state index in [0.717, 1.165) is 11.6 Å². The Balaban J connectivity index is 1.90. The number of halogens is 3. The van der Waals surface area contributed by atoms with E-state index >= 15 is 0 Å². The van der Waals surface area contributed by atoms with Crippen LogP contribution in [0.2, 0.25) is 0 Å². The number of aryl methyl sites for hydroxylation is 1. The number of nitrogens with zero attached hydrogens (tertiary/aromatic N) is 3. The first kappa shape index (κ1) is 16.5. The van der Waals surface area contributed by atoms with Gasteiger partial charge in [-0.25, -0.2) is 0 Å². The van der Waals surface area contributed by atoms with E-state index in [1.54, 1.807) is 4.90 Å². The normalized spacial score (nSPS) is 18.7. The number of hydrogen-bond donors (Lipinski definition) is 1. The standard InChI is InChI=1S/C16H17F3N4O/c1-22-14(16(17,18)19)9-12(21-22)15(24)23-8-7-20-10-13(23)11-5-3-2-4-6-11/h2-6,9,13,20H,7-8,10H2,1H3/t13-/m0/s1. The first-order valence-corrected chi connectivity index (χ1v) is 7.56. The lowest BCUT2D eigenvalue weighted by Gasteiger charge is -2.36. The molecule has 1 aliphatic heterocycles. The van der Waals surface area contributed by atoms with Gasteiger partial charge < -0.3 is 10.2 Å². The molecule has 0 aliphatic carbocycles. The van der Waals surface area contributed by atoms with Crippen LogP contribution in [0.15, 0.2) is 36.4 Å². The van der Waals surface area contributed by atoms with E-state index in [-0.39, 0.29) is 11.7 Å². The summed E-state index contributed by atoms with van der Waals surface area (Å²) in [6, 6.07) is 10.00. The number of alkyl halides is 3. The van der Waals surface area contributed by atoms with E-state index in [0.29, 0.717) is 24.3 Å². The molecule has 8 heteroatoms. The number of carbonyl (C=O) groups excluding carboxylic acids is 1. The summed E-state index contributed by atoms with van der Waals surface area (Å²) in [5.41, 5.74) is -0.185. The van der Waals surface area contributed by atoms with Crippen LogP contribution >= 0.6 is 0 Å². The molecule has 0 unspecified atom stereocenters. The average molecular weight is 338 g/mol. The Morgan fingerprint density at radius 1 is 1.29 bits per heavy atom. The molecule has 24 heavy (non-hydrogen) atoms. The molecule has 1 N–H and O–H groups in total. The van der Waals surface area contributed by atoms with Gasteiger partial charge in [0.2, 0.25) is 0 Å². The molecule has 1 aromatic heterocycles. The molecule has 2 aromatic rings. The molecule has 0 bridgehead atoms. The first-order chi connectivity index (χ1) is 11.4. The highest BCUT2D eigenvalue weighted by atomic mass is 19.4. The smallest absolute Gasteiger partial charge is 0.328 e. The summed E-state index contributed by atoms with van der Waals surface area (Å²) in [5, 5.41) is 6.98. The van der Waals surface area contributed by atoms with Gasteiger partial charge in [-0.2, -0.15) is 18.3 Å². The van der Waals surface area contributed by atoms with E-state index in [2.05, 4.69) is 10.4 Å². The molecule has 3 rings (SSSR count). The number of carbonyl (C=O) groups is 1. The van der Waals surface area contributed by atoms with Gasteiger partial charge in [-0.3, -0.25) is 9.48 Å². The predicted octanol–water partition coefficient (Wildman–Crippen LogP) is 2.23. The summed E-state index contributed by atoms with van der Waals surface area (Å²) in [5.74, 6) is -0.489. The first-order valence-electron chi connectivity index (χ1n) is 7.56. The number of amides is 1.